The summed E-state index contributed by atoms with van der Waals surface area (Å²) in [6.07, 6.45) is -1.92. The van der Waals surface area contributed by atoms with Crippen molar-refractivity contribution in [3.05, 3.63) is 34.3 Å². The SMILES string of the molecule is Cc1nsc(N2CCC(Cn3cnc(C(F)(F)F)cc3=O)CC2)n1. The number of aromatic nitrogens is 4. The minimum atomic E-state index is -4.59. The van der Waals surface area contributed by atoms with E-state index < -0.39 is 17.4 Å². The number of hydrogen-bond donors (Lipinski definition) is 0. The lowest BCUT2D eigenvalue weighted by molar-refractivity contribution is -0.141. The van der Waals surface area contributed by atoms with Gasteiger partial charge in [0, 0.05) is 37.2 Å². The standard InChI is InChI=1S/C14H16F3N5OS/c1-9-19-13(24-20-9)21-4-2-10(3-5-21)7-22-8-18-11(6-12(22)23)14(15,16)17/h6,8,10H,2-5,7H2,1H3. The van der Waals surface area contributed by atoms with E-state index in [-0.39, 0.29) is 5.92 Å². The van der Waals surface area contributed by atoms with Crippen LogP contribution in [0, 0.1) is 12.8 Å². The van der Waals surface area contributed by atoms with Gasteiger partial charge in [-0.3, -0.25) is 9.36 Å². The number of rotatable bonds is 3. The molecule has 10 heteroatoms. The molecule has 1 fully saturated rings. The van der Waals surface area contributed by atoms with Crippen LogP contribution in [0.15, 0.2) is 17.2 Å². The summed E-state index contributed by atoms with van der Waals surface area (Å²) in [7, 11) is 0. The predicted octanol–water partition coefficient (Wildman–Crippen LogP) is 2.34. The molecule has 0 spiro atoms. The lowest BCUT2D eigenvalue weighted by Crippen LogP contribution is -2.36. The van der Waals surface area contributed by atoms with Crippen LogP contribution in [0.1, 0.15) is 24.4 Å². The van der Waals surface area contributed by atoms with Crippen molar-refractivity contribution in [3.63, 3.8) is 0 Å². The number of anilines is 1. The Morgan fingerprint density at radius 2 is 2.04 bits per heavy atom. The molecular weight excluding hydrogens is 343 g/mol. The van der Waals surface area contributed by atoms with Gasteiger partial charge in [0.1, 0.15) is 5.82 Å². The van der Waals surface area contributed by atoms with Gasteiger partial charge < -0.3 is 4.90 Å². The molecule has 2 aromatic rings. The zero-order valence-corrected chi connectivity index (χ0v) is 13.8. The normalized spacial score (nSPS) is 16.6. The maximum absolute atomic E-state index is 12.5. The fourth-order valence-corrected chi connectivity index (χ4v) is 3.44. The molecule has 0 aliphatic carbocycles. The second-order valence-corrected chi connectivity index (χ2v) is 6.55. The van der Waals surface area contributed by atoms with Gasteiger partial charge in [0.2, 0.25) is 5.13 Å². The highest BCUT2D eigenvalue weighted by Gasteiger charge is 2.33. The molecule has 0 atom stereocenters. The molecular formula is C14H16F3N5OS. The molecule has 24 heavy (non-hydrogen) atoms. The average molecular weight is 359 g/mol. The van der Waals surface area contributed by atoms with Crippen molar-refractivity contribution in [1.82, 2.24) is 18.9 Å². The maximum atomic E-state index is 12.5. The van der Waals surface area contributed by atoms with Crippen molar-refractivity contribution in [2.75, 3.05) is 18.0 Å². The molecule has 0 amide bonds. The predicted molar refractivity (Wildman–Crippen MR) is 83.1 cm³/mol. The fourth-order valence-electron chi connectivity index (χ4n) is 2.72. The Morgan fingerprint density at radius 1 is 1.33 bits per heavy atom. The number of hydrogen-bond acceptors (Lipinski definition) is 6. The lowest BCUT2D eigenvalue weighted by Gasteiger charge is -2.31. The quantitative estimate of drug-likeness (QED) is 0.842. The van der Waals surface area contributed by atoms with Gasteiger partial charge in [0.05, 0.1) is 6.33 Å². The van der Waals surface area contributed by atoms with E-state index >= 15 is 0 Å². The second kappa shape index (κ2) is 6.50. The zero-order chi connectivity index (χ0) is 17.3. The number of nitrogens with zero attached hydrogens (tertiary/aromatic N) is 5. The summed E-state index contributed by atoms with van der Waals surface area (Å²) in [5.74, 6) is 0.978. The van der Waals surface area contributed by atoms with E-state index in [1.807, 2.05) is 6.92 Å². The van der Waals surface area contributed by atoms with Crippen LogP contribution in [0.3, 0.4) is 0 Å². The monoisotopic (exact) mass is 359 g/mol. The molecule has 6 nitrogen and oxygen atoms in total. The molecule has 1 saturated heterocycles. The van der Waals surface area contributed by atoms with E-state index in [1.165, 1.54) is 16.1 Å². The third kappa shape index (κ3) is 3.74. The molecule has 1 aliphatic rings. The molecule has 0 saturated carbocycles. The van der Waals surface area contributed by atoms with E-state index in [9.17, 15) is 18.0 Å². The highest BCUT2D eigenvalue weighted by molar-refractivity contribution is 7.09. The molecule has 0 N–H and O–H groups in total. The molecule has 1 aliphatic heterocycles. The summed E-state index contributed by atoms with van der Waals surface area (Å²) in [4.78, 5) is 21.7. The molecule has 2 aromatic heterocycles. The minimum absolute atomic E-state index is 0.228. The Balaban J connectivity index is 1.61. The smallest absolute Gasteiger partial charge is 0.347 e. The van der Waals surface area contributed by atoms with Crippen LogP contribution in [-0.2, 0) is 12.7 Å². The van der Waals surface area contributed by atoms with Gasteiger partial charge in [-0.25, -0.2) is 9.97 Å². The van der Waals surface area contributed by atoms with E-state index in [1.54, 1.807) is 0 Å². The largest absolute Gasteiger partial charge is 0.433 e. The highest BCUT2D eigenvalue weighted by Crippen LogP contribution is 2.27. The number of aryl methyl sites for hydroxylation is 1. The summed E-state index contributed by atoms with van der Waals surface area (Å²) in [5.41, 5.74) is -1.82. The van der Waals surface area contributed by atoms with Gasteiger partial charge in [-0.15, -0.1) is 0 Å². The minimum Gasteiger partial charge on any atom is -0.347 e. The molecule has 3 rings (SSSR count). The lowest BCUT2D eigenvalue weighted by atomic mass is 9.97. The Morgan fingerprint density at radius 3 is 2.58 bits per heavy atom. The summed E-state index contributed by atoms with van der Waals surface area (Å²) in [6, 6.07) is 0.555. The van der Waals surface area contributed by atoms with Gasteiger partial charge >= 0.3 is 6.18 Å². The summed E-state index contributed by atoms with van der Waals surface area (Å²) < 4.78 is 43.0. The highest BCUT2D eigenvalue weighted by atomic mass is 32.1. The number of alkyl halides is 3. The molecule has 0 unspecified atom stereocenters. The van der Waals surface area contributed by atoms with E-state index in [4.69, 9.17) is 0 Å². The number of halogens is 3. The topological polar surface area (TPSA) is 63.9 Å². The summed E-state index contributed by atoms with van der Waals surface area (Å²) in [5, 5.41) is 0.888. The van der Waals surface area contributed by atoms with Crippen LogP contribution >= 0.6 is 11.5 Å². The Kier molecular flexibility index (Phi) is 4.57. The van der Waals surface area contributed by atoms with Gasteiger partial charge in [-0.1, -0.05) is 0 Å². The van der Waals surface area contributed by atoms with Crippen molar-refractivity contribution in [3.8, 4) is 0 Å². The first-order valence-electron chi connectivity index (χ1n) is 7.52. The van der Waals surface area contributed by atoms with E-state index in [2.05, 4.69) is 19.2 Å². The maximum Gasteiger partial charge on any atom is 0.433 e. The van der Waals surface area contributed by atoms with Crippen LogP contribution < -0.4 is 10.5 Å². The second-order valence-electron chi connectivity index (χ2n) is 5.82. The van der Waals surface area contributed by atoms with Gasteiger partial charge in [0.15, 0.2) is 5.69 Å². The summed E-state index contributed by atoms with van der Waals surface area (Å²) >= 11 is 1.36. The third-order valence-electron chi connectivity index (χ3n) is 4.03. The van der Waals surface area contributed by atoms with Crippen LogP contribution in [0.4, 0.5) is 18.3 Å². The first-order valence-corrected chi connectivity index (χ1v) is 8.29. The molecule has 0 aromatic carbocycles. The van der Waals surface area contributed by atoms with Crippen molar-refractivity contribution in [1.29, 1.82) is 0 Å². The van der Waals surface area contributed by atoms with E-state index in [0.29, 0.717) is 12.6 Å². The number of piperidine rings is 1. The van der Waals surface area contributed by atoms with Gasteiger partial charge in [0.25, 0.3) is 5.56 Å². The van der Waals surface area contributed by atoms with E-state index in [0.717, 1.165) is 43.2 Å². The first-order chi connectivity index (χ1) is 11.3. The van der Waals surface area contributed by atoms with Gasteiger partial charge in [-0.05, 0) is 25.7 Å². The average Bonchev–Trinajstić information content (AvgIpc) is 2.95. The molecule has 0 radical (unpaired) electrons. The van der Waals surface area contributed by atoms with Crippen LogP contribution in [0.2, 0.25) is 0 Å². The Hall–Kier alpha value is -1.97. The summed E-state index contributed by atoms with van der Waals surface area (Å²) in [6.45, 7) is 3.81. The van der Waals surface area contributed by atoms with Crippen LogP contribution in [0.25, 0.3) is 0 Å². The first kappa shape index (κ1) is 16.9. The van der Waals surface area contributed by atoms with Crippen molar-refractivity contribution < 1.29 is 13.2 Å². The Labute approximate surface area is 140 Å². The van der Waals surface area contributed by atoms with Gasteiger partial charge in [-0.2, -0.15) is 17.5 Å². The fraction of sp³-hybridized carbons (Fsp3) is 0.571. The van der Waals surface area contributed by atoms with Crippen molar-refractivity contribution >= 4 is 16.7 Å². The third-order valence-corrected chi connectivity index (χ3v) is 4.90. The zero-order valence-electron chi connectivity index (χ0n) is 13.0. The Bertz CT molecular complexity index is 764. The van der Waals surface area contributed by atoms with Crippen molar-refractivity contribution in [2.24, 2.45) is 5.92 Å². The van der Waals surface area contributed by atoms with Crippen LogP contribution in [-0.4, -0.2) is 32.0 Å². The van der Waals surface area contributed by atoms with Crippen LogP contribution in [0.5, 0.6) is 0 Å². The van der Waals surface area contributed by atoms with Crippen molar-refractivity contribution in [2.45, 2.75) is 32.5 Å². The molecule has 130 valence electrons. The molecule has 0 bridgehead atoms. The molecule has 3 heterocycles.